The van der Waals surface area contributed by atoms with Crippen LogP contribution in [0, 0.1) is 11.3 Å². The minimum absolute atomic E-state index is 0.155. The molecule has 1 unspecified atom stereocenters. The molecule has 1 aromatic heterocycles. The van der Waals surface area contributed by atoms with Crippen LogP contribution >= 0.6 is 15.9 Å². The van der Waals surface area contributed by atoms with Gasteiger partial charge in [-0.2, -0.15) is 5.26 Å². The molecular formula is C12H12BrN3O. The summed E-state index contributed by atoms with van der Waals surface area (Å²) < 4.78 is 0.633. The molecule has 0 saturated carbocycles. The van der Waals surface area contributed by atoms with Gasteiger partial charge in [-0.15, -0.1) is 0 Å². The van der Waals surface area contributed by atoms with Gasteiger partial charge in [-0.05, 0) is 47.3 Å². The summed E-state index contributed by atoms with van der Waals surface area (Å²) in [6, 6.07) is 7.10. The third-order valence-electron chi connectivity index (χ3n) is 2.85. The molecule has 2 rings (SSSR count). The van der Waals surface area contributed by atoms with Gasteiger partial charge < -0.3 is 4.90 Å². The summed E-state index contributed by atoms with van der Waals surface area (Å²) in [5, 5.41) is 9.04. The highest BCUT2D eigenvalue weighted by atomic mass is 79.9. The van der Waals surface area contributed by atoms with Gasteiger partial charge in [0.1, 0.15) is 16.3 Å². The molecule has 88 valence electrons. The molecule has 1 fully saturated rings. The number of halogens is 1. The molecule has 4 nitrogen and oxygen atoms in total. The topological polar surface area (TPSA) is 57.0 Å². The first kappa shape index (κ1) is 12.1. The maximum absolute atomic E-state index is 12.2. The van der Waals surface area contributed by atoms with E-state index in [0.717, 1.165) is 19.3 Å². The van der Waals surface area contributed by atoms with Crippen molar-refractivity contribution in [3.8, 4) is 6.07 Å². The van der Waals surface area contributed by atoms with Gasteiger partial charge in [-0.25, -0.2) is 4.98 Å². The van der Waals surface area contributed by atoms with Crippen molar-refractivity contribution in [1.82, 2.24) is 9.88 Å². The van der Waals surface area contributed by atoms with Crippen molar-refractivity contribution in [3.63, 3.8) is 0 Å². The van der Waals surface area contributed by atoms with Crippen molar-refractivity contribution in [2.75, 3.05) is 6.54 Å². The first-order valence-electron chi connectivity index (χ1n) is 5.55. The maximum Gasteiger partial charge on any atom is 0.273 e. The van der Waals surface area contributed by atoms with Crippen LogP contribution < -0.4 is 0 Å². The third kappa shape index (κ3) is 2.64. The number of likely N-dealkylation sites (tertiary alicyclic amines) is 1. The van der Waals surface area contributed by atoms with E-state index < -0.39 is 0 Å². The number of nitriles is 1. The van der Waals surface area contributed by atoms with Crippen molar-refractivity contribution >= 4 is 21.8 Å². The van der Waals surface area contributed by atoms with Crippen LogP contribution in [0.15, 0.2) is 22.8 Å². The van der Waals surface area contributed by atoms with Crippen LogP contribution in [-0.4, -0.2) is 28.4 Å². The fraction of sp³-hybridized carbons (Fsp3) is 0.417. The molecule has 0 radical (unpaired) electrons. The van der Waals surface area contributed by atoms with Gasteiger partial charge in [0.25, 0.3) is 5.91 Å². The number of piperidine rings is 1. The zero-order valence-corrected chi connectivity index (χ0v) is 10.9. The van der Waals surface area contributed by atoms with Gasteiger partial charge >= 0.3 is 0 Å². The highest BCUT2D eigenvalue weighted by molar-refractivity contribution is 9.10. The Morgan fingerprint density at radius 1 is 1.53 bits per heavy atom. The second kappa shape index (κ2) is 5.28. The van der Waals surface area contributed by atoms with Gasteiger partial charge in [-0.3, -0.25) is 4.79 Å². The van der Waals surface area contributed by atoms with E-state index >= 15 is 0 Å². The Labute approximate surface area is 108 Å². The monoisotopic (exact) mass is 293 g/mol. The van der Waals surface area contributed by atoms with Crippen LogP contribution in [0.2, 0.25) is 0 Å². The molecule has 0 aliphatic carbocycles. The van der Waals surface area contributed by atoms with Crippen LogP contribution in [-0.2, 0) is 0 Å². The average molecular weight is 294 g/mol. The second-order valence-electron chi connectivity index (χ2n) is 3.98. The lowest BCUT2D eigenvalue weighted by Crippen LogP contribution is -2.43. The predicted molar refractivity (Wildman–Crippen MR) is 66.2 cm³/mol. The molecule has 5 heteroatoms. The summed E-state index contributed by atoms with van der Waals surface area (Å²) in [7, 11) is 0. The summed E-state index contributed by atoms with van der Waals surface area (Å²) in [6.07, 6.45) is 2.72. The Bertz CT molecular complexity index is 469. The van der Waals surface area contributed by atoms with Gasteiger partial charge in [0.15, 0.2) is 0 Å². The Balaban J connectivity index is 2.22. The summed E-state index contributed by atoms with van der Waals surface area (Å²) >= 11 is 3.24. The summed E-state index contributed by atoms with van der Waals surface area (Å²) in [5.74, 6) is -0.155. The Hall–Kier alpha value is -1.41. The van der Waals surface area contributed by atoms with Gasteiger partial charge in [-0.1, -0.05) is 6.07 Å². The van der Waals surface area contributed by atoms with Crippen LogP contribution in [0.3, 0.4) is 0 Å². The normalized spacial score (nSPS) is 19.8. The molecule has 1 aliphatic rings. The van der Waals surface area contributed by atoms with E-state index in [0.29, 0.717) is 16.8 Å². The van der Waals surface area contributed by atoms with Crippen molar-refractivity contribution in [3.05, 3.63) is 28.5 Å². The number of pyridine rings is 1. The zero-order chi connectivity index (χ0) is 12.3. The van der Waals surface area contributed by atoms with Crippen LogP contribution in [0.25, 0.3) is 0 Å². The molecule has 1 aromatic rings. The maximum atomic E-state index is 12.2. The minimum atomic E-state index is -0.308. The smallest absolute Gasteiger partial charge is 0.273 e. The molecular weight excluding hydrogens is 282 g/mol. The summed E-state index contributed by atoms with van der Waals surface area (Å²) in [5.41, 5.74) is 0.390. The summed E-state index contributed by atoms with van der Waals surface area (Å²) in [6.45, 7) is 0.644. The number of hydrogen-bond acceptors (Lipinski definition) is 3. The fourth-order valence-corrected chi connectivity index (χ4v) is 2.33. The van der Waals surface area contributed by atoms with E-state index in [-0.39, 0.29) is 11.9 Å². The van der Waals surface area contributed by atoms with Crippen molar-refractivity contribution in [2.45, 2.75) is 25.3 Å². The van der Waals surface area contributed by atoms with E-state index in [9.17, 15) is 4.79 Å². The van der Waals surface area contributed by atoms with Crippen LogP contribution in [0.5, 0.6) is 0 Å². The molecule has 1 atom stereocenters. The van der Waals surface area contributed by atoms with Crippen molar-refractivity contribution < 1.29 is 4.79 Å². The molecule has 1 aliphatic heterocycles. The minimum Gasteiger partial charge on any atom is -0.321 e. The largest absolute Gasteiger partial charge is 0.321 e. The van der Waals surface area contributed by atoms with E-state index in [2.05, 4.69) is 27.0 Å². The second-order valence-corrected chi connectivity index (χ2v) is 4.80. The molecule has 0 N–H and O–H groups in total. The van der Waals surface area contributed by atoms with Crippen LogP contribution in [0.1, 0.15) is 29.8 Å². The Kier molecular flexibility index (Phi) is 3.75. The first-order chi connectivity index (χ1) is 8.22. The van der Waals surface area contributed by atoms with Crippen molar-refractivity contribution in [1.29, 1.82) is 5.26 Å². The van der Waals surface area contributed by atoms with E-state index in [1.807, 2.05) is 0 Å². The molecule has 0 aromatic carbocycles. The highest BCUT2D eigenvalue weighted by Crippen LogP contribution is 2.19. The number of carbonyl (C=O) groups is 1. The number of carbonyl (C=O) groups excluding carboxylic acids is 1. The standard InChI is InChI=1S/C12H12BrN3O/c13-11-6-3-5-10(15-11)12(17)16-7-2-1-4-9(16)8-14/h3,5-6,9H,1-2,4,7H2. The van der Waals surface area contributed by atoms with Gasteiger partial charge in [0, 0.05) is 6.54 Å². The lowest BCUT2D eigenvalue weighted by atomic mass is 10.0. The Morgan fingerprint density at radius 2 is 2.35 bits per heavy atom. The number of nitrogens with zero attached hydrogens (tertiary/aromatic N) is 3. The highest BCUT2D eigenvalue weighted by Gasteiger charge is 2.27. The van der Waals surface area contributed by atoms with Gasteiger partial charge in [0.2, 0.25) is 0 Å². The molecule has 17 heavy (non-hydrogen) atoms. The molecule has 1 amide bonds. The number of hydrogen-bond donors (Lipinski definition) is 0. The molecule has 0 spiro atoms. The lowest BCUT2D eigenvalue weighted by Gasteiger charge is -2.31. The SMILES string of the molecule is N#CC1CCCCN1C(=O)c1cccc(Br)n1. The molecule has 2 heterocycles. The van der Waals surface area contributed by atoms with Crippen molar-refractivity contribution in [2.24, 2.45) is 0 Å². The van der Waals surface area contributed by atoms with E-state index in [1.54, 1.807) is 23.1 Å². The fourth-order valence-electron chi connectivity index (χ4n) is 1.98. The quantitative estimate of drug-likeness (QED) is 0.747. The first-order valence-corrected chi connectivity index (χ1v) is 6.35. The summed E-state index contributed by atoms with van der Waals surface area (Å²) in [4.78, 5) is 18.0. The van der Waals surface area contributed by atoms with E-state index in [1.165, 1.54) is 0 Å². The molecule has 1 saturated heterocycles. The van der Waals surface area contributed by atoms with Crippen LogP contribution in [0.4, 0.5) is 0 Å². The van der Waals surface area contributed by atoms with Gasteiger partial charge in [0.05, 0.1) is 6.07 Å². The third-order valence-corrected chi connectivity index (χ3v) is 3.29. The number of aromatic nitrogens is 1. The zero-order valence-electron chi connectivity index (χ0n) is 9.27. The predicted octanol–water partition coefficient (Wildman–Crippen LogP) is 2.36. The average Bonchev–Trinajstić information content (AvgIpc) is 2.38. The lowest BCUT2D eigenvalue weighted by molar-refractivity contribution is 0.0664. The van der Waals surface area contributed by atoms with E-state index in [4.69, 9.17) is 5.26 Å². The number of amides is 1. The number of rotatable bonds is 1. The molecule has 0 bridgehead atoms. The Morgan fingerprint density at radius 3 is 3.06 bits per heavy atom.